The highest BCUT2D eigenvalue weighted by Crippen LogP contribution is 2.27. The van der Waals surface area contributed by atoms with Crippen LogP contribution in [0.1, 0.15) is 17.0 Å². The number of hydrogen-bond donors (Lipinski definition) is 1. The number of nitrogens with zero attached hydrogens (tertiary/aromatic N) is 3. The van der Waals surface area contributed by atoms with Gasteiger partial charge in [0.2, 0.25) is 10.0 Å². The van der Waals surface area contributed by atoms with E-state index in [1.807, 2.05) is 0 Å². The Kier molecular flexibility index (Phi) is 3.78. The van der Waals surface area contributed by atoms with E-state index in [2.05, 4.69) is 10.1 Å². The lowest BCUT2D eigenvalue weighted by Crippen LogP contribution is -2.13. The summed E-state index contributed by atoms with van der Waals surface area (Å²) >= 11 is 0. The minimum Gasteiger partial charge on any atom is -0.485 e. The fraction of sp³-hybridized carbons (Fsp3) is 0.333. The molecular weight excluding hydrogens is 280 g/mol. The molecule has 0 aliphatic carbocycles. The van der Waals surface area contributed by atoms with Gasteiger partial charge in [-0.25, -0.2) is 18.5 Å². The average molecular weight is 296 g/mol. The Morgan fingerprint density at radius 1 is 1.30 bits per heavy atom. The van der Waals surface area contributed by atoms with Crippen LogP contribution in [0.3, 0.4) is 0 Å². The van der Waals surface area contributed by atoms with Gasteiger partial charge in [0.25, 0.3) is 0 Å². The Bertz CT molecular complexity index is 714. The molecule has 1 aromatic heterocycles. The number of benzene rings is 1. The van der Waals surface area contributed by atoms with Crippen LogP contribution in [0.2, 0.25) is 0 Å². The van der Waals surface area contributed by atoms with Crippen LogP contribution < -0.4 is 9.88 Å². The summed E-state index contributed by atoms with van der Waals surface area (Å²) in [4.78, 5) is 4.14. The first-order chi connectivity index (χ1) is 9.29. The molecule has 20 heavy (non-hydrogen) atoms. The Morgan fingerprint density at radius 2 is 1.90 bits per heavy atom. The standard InChI is InChI=1S/C12H16N4O3S/c1-8-4-10(20(13,17)18)5-9(2)12(8)19-6-11-14-7-15-16(11)3/h4-5,7H,6H2,1-3H3,(H2,13,17,18). The van der Waals surface area contributed by atoms with E-state index in [0.717, 1.165) is 0 Å². The third kappa shape index (κ3) is 2.97. The zero-order chi connectivity index (χ0) is 14.9. The van der Waals surface area contributed by atoms with Crippen LogP contribution in [0.4, 0.5) is 0 Å². The van der Waals surface area contributed by atoms with Crippen molar-refractivity contribution in [2.75, 3.05) is 0 Å². The third-order valence-electron chi connectivity index (χ3n) is 2.91. The van der Waals surface area contributed by atoms with E-state index in [9.17, 15) is 8.42 Å². The SMILES string of the molecule is Cc1cc(S(N)(=O)=O)cc(C)c1OCc1ncnn1C. The summed E-state index contributed by atoms with van der Waals surface area (Å²) in [5, 5.41) is 9.08. The Balaban J connectivity index is 2.27. The average Bonchev–Trinajstić information content (AvgIpc) is 2.72. The van der Waals surface area contributed by atoms with Crippen molar-refractivity contribution in [2.24, 2.45) is 12.2 Å². The number of rotatable bonds is 4. The van der Waals surface area contributed by atoms with Crippen LogP contribution >= 0.6 is 0 Å². The number of primary sulfonamides is 1. The Hall–Kier alpha value is -1.93. The summed E-state index contributed by atoms with van der Waals surface area (Å²) in [6.45, 7) is 3.80. The molecule has 0 radical (unpaired) electrons. The fourth-order valence-corrected chi connectivity index (χ4v) is 2.57. The number of ether oxygens (including phenoxy) is 1. The molecule has 0 atom stereocenters. The van der Waals surface area contributed by atoms with Crippen molar-refractivity contribution in [3.8, 4) is 5.75 Å². The van der Waals surface area contributed by atoms with Crippen LogP contribution in [0.5, 0.6) is 5.75 Å². The van der Waals surface area contributed by atoms with E-state index in [1.54, 1.807) is 25.6 Å². The number of hydrogen-bond acceptors (Lipinski definition) is 5. The van der Waals surface area contributed by atoms with E-state index >= 15 is 0 Å². The highest BCUT2D eigenvalue weighted by Gasteiger charge is 2.14. The second-order valence-electron chi connectivity index (χ2n) is 4.52. The van der Waals surface area contributed by atoms with Gasteiger partial charge in [-0.3, -0.25) is 4.68 Å². The van der Waals surface area contributed by atoms with Crippen molar-refractivity contribution in [3.05, 3.63) is 35.4 Å². The largest absolute Gasteiger partial charge is 0.485 e. The van der Waals surface area contributed by atoms with E-state index in [-0.39, 0.29) is 11.5 Å². The molecule has 0 bridgehead atoms. The van der Waals surface area contributed by atoms with Crippen LogP contribution in [0, 0.1) is 13.8 Å². The van der Waals surface area contributed by atoms with Crippen molar-refractivity contribution in [2.45, 2.75) is 25.3 Å². The molecule has 7 nitrogen and oxygen atoms in total. The molecule has 0 aliphatic heterocycles. The van der Waals surface area contributed by atoms with Gasteiger partial charge in [0.05, 0.1) is 4.90 Å². The molecular formula is C12H16N4O3S. The number of aryl methyl sites for hydroxylation is 3. The van der Waals surface area contributed by atoms with Crippen LogP contribution in [-0.2, 0) is 23.7 Å². The second-order valence-corrected chi connectivity index (χ2v) is 6.08. The Labute approximate surface area is 117 Å². The molecule has 108 valence electrons. The van der Waals surface area contributed by atoms with Crippen molar-refractivity contribution in [3.63, 3.8) is 0 Å². The molecule has 2 rings (SSSR count). The summed E-state index contributed by atoms with van der Waals surface area (Å²) in [6, 6.07) is 2.99. The molecule has 2 N–H and O–H groups in total. The van der Waals surface area contributed by atoms with Gasteiger partial charge >= 0.3 is 0 Å². The van der Waals surface area contributed by atoms with Gasteiger partial charge in [-0.05, 0) is 37.1 Å². The van der Waals surface area contributed by atoms with E-state index in [0.29, 0.717) is 22.7 Å². The number of aromatic nitrogens is 3. The van der Waals surface area contributed by atoms with Crippen molar-refractivity contribution in [1.29, 1.82) is 0 Å². The topological polar surface area (TPSA) is 100 Å². The molecule has 0 aliphatic rings. The van der Waals surface area contributed by atoms with E-state index in [1.165, 1.54) is 18.5 Å². The summed E-state index contributed by atoms with van der Waals surface area (Å²) in [6.07, 6.45) is 1.45. The van der Waals surface area contributed by atoms with Crippen LogP contribution in [-0.4, -0.2) is 23.2 Å². The molecule has 0 unspecified atom stereocenters. The van der Waals surface area contributed by atoms with Gasteiger partial charge < -0.3 is 4.74 Å². The minimum atomic E-state index is -3.71. The van der Waals surface area contributed by atoms with Crippen LogP contribution in [0.15, 0.2) is 23.4 Å². The molecule has 0 saturated heterocycles. The van der Waals surface area contributed by atoms with Gasteiger partial charge in [-0.2, -0.15) is 5.10 Å². The van der Waals surface area contributed by atoms with E-state index < -0.39 is 10.0 Å². The monoisotopic (exact) mass is 296 g/mol. The highest BCUT2D eigenvalue weighted by molar-refractivity contribution is 7.89. The first kappa shape index (κ1) is 14.5. The summed E-state index contributed by atoms with van der Waals surface area (Å²) in [7, 11) is -1.94. The molecule has 0 amide bonds. The van der Waals surface area contributed by atoms with Gasteiger partial charge in [0, 0.05) is 7.05 Å². The zero-order valence-corrected chi connectivity index (χ0v) is 12.3. The predicted octanol–water partition coefficient (Wildman–Crippen LogP) is 0.658. The summed E-state index contributed by atoms with van der Waals surface area (Å²) in [5.74, 6) is 1.31. The minimum absolute atomic E-state index is 0.0820. The molecule has 8 heteroatoms. The van der Waals surface area contributed by atoms with Gasteiger partial charge in [0.15, 0.2) is 5.82 Å². The second kappa shape index (κ2) is 5.22. The summed E-state index contributed by atoms with van der Waals surface area (Å²) in [5.41, 5.74) is 1.41. The maximum Gasteiger partial charge on any atom is 0.238 e. The van der Waals surface area contributed by atoms with Crippen molar-refractivity contribution >= 4 is 10.0 Å². The lowest BCUT2D eigenvalue weighted by molar-refractivity contribution is 0.285. The fourth-order valence-electron chi connectivity index (χ4n) is 1.89. The molecule has 0 fully saturated rings. The molecule has 2 aromatic rings. The third-order valence-corrected chi connectivity index (χ3v) is 3.81. The van der Waals surface area contributed by atoms with E-state index in [4.69, 9.17) is 9.88 Å². The lowest BCUT2D eigenvalue weighted by atomic mass is 10.1. The predicted molar refractivity (Wildman–Crippen MR) is 72.6 cm³/mol. The summed E-state index contributed by atoms with van der Waals surface area (Å²) < 4.78 is 30.0. The highest BCUT2D eigenvalue weighted by atomic mass is 32.2. The molecule has 1 heterocycles. The van der Waals surface area contributed by atoms with Gasteiger partial charge in [-0.15, -0.1) is 0 Å². The first-order valence-electron chi connectivity index (χ1n) is 5.89. The first-order valence-corrected chi connectivity index (χ1v) is 7.43. The maximum atomic E-state index is 11.4. The molecule has 0 spiro atoms. The smallest absolute Gasteiger partial charge is 0.238 e. The van der Waals surface area contributed by atoms with Gasteiger partial charge in [-0.1, -0.05) is 0 Å². The Morgan fingerprint density at radius 3 is 2.35 bits per heavy atom. The normalized spacial score (nSPS) is 11.6. The molecule has 1 aromatic carbocycles. The van der Waals surface area contributed by atoms with Crippen LogP contribution in [0.25, 0.3) is 0 Å². The molecule has 0 saturated carbocycles. The van der Waals surface area contributed by atoms with Crippen molar-refractivity contribution < 1.29 is 13.2 Å². The zero-order valence-electron chi connectivity index (χ0n) is 11.5. The number of nitrogens with two attached hydrogens (primary N) is 1. The van der Waals surface area contributed by atoms with Gasteiger partial charge in [0.1, 0.15) is 18.7 Å². The number of sulfonamides is 1. The maximum absolute atomic E-state index is 11.4. The lowest BCUT2D eigenvalue weighted by Gasteiger charge is -2.13. The van der Waals surface area contributed by atoms with Crippen molar-refractivity contribution in [1.82, 2.24) is 14.8 Å². The quantitative estimate of drug-likeness (QED) is 0.893.